The number of benzene rings is 1. The van der Waals surface area contributed by atoms with Crippen molar-refractivity contribution in [1.82, 2.24) is 4.90 Å². The van der Waals surface area contributed by atoms with Crippen molar-refractivity contribution in [3.63, 3.8) is 0 Å². The Morgan fingerprint density at radius 1 is 1.45 bits per heavy atom. The average molecular weight is 271 g/mol. The summed E-state index contributed by atoms with van der Waals surface area (Å²) >= 11 is 0. The molecule has 0 unspecified atom stereocenters. The molecule has 106 valence electrons. The van der Waals surface area contributed by atoms with Gasteiger partial charge < -0.3 is 10.0 Å². The molecule has 1 aliphatic rings. The molecule has 20 heavy (non-hydrogen) atoms. The van der Waals surface area contributed by atoms with Crippen LogP contribution in [0, 0.1) is 17.8 Å². The molecule has 0 aromatic heterocycles. The van der Waals surface area contributed by atoms with E-state index in [-0.39, 0.29) is 12.5 Å². The zero-order valence-electron chi connectivity index (χ0n) is 11.9. The lowest BCUT2D eigenvalue weighted by atomic mass is 10.1. The standard InChI is InChI=1S/C17H21NO2/c1-2-18(13-15-9-10-15)17(20)16-8-5-7-14(12-16)6-3-4-11-19/h5,7-8,12,15,19H,2,4,9-11,13H2,1H3. The second-order valence-corrected chi connectivity index (χ2v) is 5.14. The van der Waals surface area contributed by atoms with E-state index in [1.165, 1.54) is 12.8 Å². The van der Waals surface area contributed by atoms with Crippen molar-refractivity contribution in [2.24, 2.45) is 5.92 Å². The van der Waals surface area contributed by atoms with Crippen LogP contribution < -0.4 is 0 Å². The van der Waals surface area contributed by atoms with Crippen molar-refractivity contribution in [2.75, 3.05) is 19.7 Å². The molecule has 0 heterocycles. The largest absolute Gasteiger partial charge is 0.395 e. The van der Waals surface area contributed by atoms with E-state index in [9.17, 15) is 4.79 Å². The molecular formula is C17H21NO2. The van der Waals surface area contributed by atoms with E-state index in [1.807, 2.05) is 36.1 Å². The van der Waals surface area contributed by atoms with Crippen molar-refractivity contribution >= 4 is 5.91 Å². The summed E-state index contributed by atoms with van der Waals surface area (Å²) in [6, 6.07) is 7.43. The van der Waals surface area contributed by atoms with Gasteiger partial charge in [-0.2, -0.15) is 0 Å². The van der Waals surface area contributed by atoms with Gasteiger partial charge in [0.1, 0.15) is 0 Å². The average Bonchev–Trinajstić information content (AvgIpc) is 3.29. The van der Waals surface area contributed by atoms with Gasteiger partial charge in [0.2, 0.25) is 0 Å². The van der Waals surface area contributed by atoms with Gasteiger partial charge in [-0.1, -0.05) is 17.9 Å². The minimum Gasteiger partial charge on any atom is -0.395 e. The van der Waals surface area contributed by atoms with Gasteiger partial charge in [-0.15, -0.1) is 0 Å². The van der Waals surface area contributed by atoms with Crippen molar-refractivity contribution in [2.45, 2.75) is 26.2 Å². The maximum absolute atomic E-state index is 12.5. The number of carbonyl (C=O) groups excluding carboxylic acids is 1. The van der Waals surface area contributed by atoms with E-state index in [0.29, 0.717) is 17.9 Å². The van der Waals surface area contributed by atoms with Crippen molar-refractivity contribution in [1.29, 1.82) is 0 Å². The second-order valence-electron chi connectivity index (χ2n) is 5.14. The number of aliphatic hydroxyl groups excluding tert-OH is 1. The van der Waals surface area contributed by atoms with Gasteiger partial charge in [0.25, 0.3) is 5.91 Å². The molecule has 1 N–H and O–H groups in total. The molecule has 1 amide bonds. The van der Waals surface area contributed by atoms with Gasteiger partial charge in [-0.3, -0.25) is 4.79 Å². The Balaban J connectivity index is 2.08. The number of hydrogen-bond acceptors (Lipinski definition) is 2. The highest BCUT2D eigenvalue weighted by Crippen LogP contribution is 2.30. The SMILES string of the molecule is CCN(CC1CC1)C(=O)c1cccc(C#CCCO)c1. The molecule has 1 aliphatic carbocycles. The molecular weight excluding hydrogens is 250 g/mol. The molecule has 0 radical (unpaired) electrons. The molecule has 1 saturated carbocycles. The second kappa shape index (κ2) is 7.12. The lowest BCUT2D eigenvalue weighted by Gasteiger charge is -2.20. The summed E-state index contributed by atoms with van der Waals surface area (Å²) in [7, 11) is 0. The van der Waals surface area contributed by atoms with Crippen molar-refractivity contribution in [3.8, 4) is 11.8 Å². The molecule has 0 saturated heterocycles. The lowest BCUT2D eigenvalue weighted by Crippen LogP contribution is -2.32. The Hall–Kier alpha value is -1.79. The summed E-state index contributed by atoms with van der Waals surface area (Å²) in [5.74, 6) is 6.64. The Morgan fingerprint density at radius 3 is 2.90 bits per heavy atom. The topological polar surface area (TPSA) is 40.5 Å². The van der Waals surface area contributed by atoms with E-state index in [2.05, 4.69) is 11.8 Å². The predicted octanol–water partition coefficient (Wildman–Crippen LogP) is 2.29. The highest BCUT2D eigenvalue weighted by Gasteiger charge is 2.26. The number of aliphatic hydroxyl groups is 1. The third-order valence-corrected chi connectivity index (χ3v) is 3.42. The molecule has 0 bridgehead atoms. The molecule has 0 aliphatic heterocycles. The summed E-state index contributed by atoms with van der Waals surface area (Å²) in [4.78, 5) is 14.4. The molecule has 3 nitrogen and oxygen atoms in total. The third kappa shape index (κ3) is 4.11. The number of nitrogens with zero attached hydrogens (tertiary/aromatic N) is 1. The minimum absolute atomic E-state index is 0.0661. The van der Waals surface area contributed by atoms with Crippen LogP contribution in [0.5, 0.6) is 0 Å². The van der Waals surface area contributed by atoms with Gasteiger partial charge in [-0.05, 0) is 43.9 Å². The van der Waals surface area contributed by atoms with Crippen LogP contribution in [0.1, 0.15) is 42.1 Å². The van der Waals surface area contributed by atoms with Crippen molar-refractivity contribution < 1.29 is 9.90 Å². The van der Waals surface area contributed by atoms with Crippen LogP contribution in [-0.4, -0.2) is 35.6 Å². The lowest BCUT2D eigenvalue weighted by molar-refractivity contribution is 0.0757. The first-order chi connectivity index (χ1) is 9.74. The minimum atomic E-state index is 0.0661. The Labute approximate surface area is 120 Å². The van der Waals surface area contributed by atoms with E-state index in [1.54, 1.807) is 0 Å². The zero-order valence-corrected chi connectivity index (χ0v) is 11.9. The summed E-state index contributed by atoms with van der Waals surface area (Å²) in [5.41, 5.74) is 1.52. The number of rotatable bonds is 5. The first kappa shape index (κ1) is 14.6. The normalized spacial score (nSPS) is 13.5. The smallest absolute Gasteiger partial charge is 0.253 e. The Morgan fingerprint density at radius 2 is 2.25 bits per heavy atom. The fourth-order valence-electron chi connectivity index (χ4n) is 2.10. The van der Waals surface area contributed by atoms with Crippen LogP contribution in [0.2, 0.25) is 0 Å². The maximum atomic E-state index is 12.5. The summed E-state index contributed by atoms with van der Waals surface area (Å²) < 4.78 is 0. The summed E-state index contributed by atoms with van der Waals surface area (Å²) in [6.45, 7) is 3.70. The van der Waals surface area contributed by atoms with Gasteiger partial charge >= 0.3 is 0 Å². The zero-order chi connectivity index (χ0) is 14.4. The Kier molecular flexibility index (Phi) is 5.20. The van der Waals surface area contributed by atoms with Crippen LogP contribution in [-0.2, 0) is 0 Å². The highest BCUT2D eigenvalue weighted by atomic mass is 16.2. The van der Waals surface area contributed by atoms with Gasteiger partial charge in [0, 0.05) is 30.6 Å². The van der Waals surface area contributed by atoms with Crippen LogP contribution in [0.25, 0.3) is 0 Å². The van der Waals surface area contributed by atoms with Crippen LogP contribution in [0.15, 0.2) is 24.3 Å². The first-order valence-corrected chi connectivity index (χ1v) is 7.23. The molecule has 0 atom stereocenters. The van der Waals surface area contributed by atoms with E-state index in [4.69, 9.17) is 5.11 Å². The van der Waals surface area contributed by atoms with Crippen LogP contribution >= 0.6 is 0 Å². The molecule has 0 spiro atoms. The Bertz CT molecular complexity index is 523. The monoisotopic (exact) mass is 271 g/mol. The van der Waals surface area contributed by atoms with E-state index in [0.717, 1.165) is 18.7 Å². The van der Waals surface area contributed by atoms with Crippen molar-refractivity contribution in [3.05, 3.63) is 35.4 Å². The predicted molar refractivity (Wildman–Crippen MR) is 79.3 cm³/mol. The molecule has 1 fully saturated rings. The number of hydrogen-bond donors (Lipinski definition) is 1. The molecule has 1 aromatic rings. The number of carbonyl (C=O) groups is 1. The van der Waals surface area contributed by atoms with E-state index >= 15 is 0 Å². The first-order valence-electron chi connectivity index (χ1n) is 7.23. The summed E-state index contributed by atoms with van der Waals surface area (Å²) in [6.07, 6.45) is 2.95. The fourth-order valence-corrected chi connectivity index (χ4v) is 2.10. The molecule has 2 rings (SSSR count). The third-order valence-electron chi connectivity index (χ3n) is 3.42. The number of amides is 1. The van der Waals surface area contributed by atoms with Crippen LogP contribution in [0.3, 0.4) is 0 Å². The highest BCUT2D eigenvalue weighted by molar-refractivity contribution is 5.94. The molecule has 3 heteroatoms. The van der Waals surface area contributed by atoms with E-state index < -0.39 is 0 Å². The fraction of sp³-hybridized carbons (Fsp3) is 0.471. The van der Waals surface area contributed by atoms with Gasteiger partial charge in [0.15, 0.2) is 0 Å². The van der Waals surface area contributed by atoms with Gasteiger partial charge in [-0.25, -0.2) is 0 Å². The maximum Gasteiger partial charge on any atom is 0.253 e. The van der Waals surface area contributed by atoms with Crippen LogP contribution in [0.4, 0.5) is 0 Å². The summed E-state index contributed by atoms with van der Waals surface area (Å²) in [5, 5.41) is 8.72. The molecule has 1 aromatic carbocycles. The quantitative estimate of drug-likeness (QED) is 0.835. The van der Waals surface area contributed by atoms with Gasteiger partial charge in [0.05, 0.1) is 6.61 Å².